The summed E-state index contributed by atoms with van der Waals surface area (Å²) >= 11 is 0. The molecule has 2 atom stereocenters. The Kier molecular flexibility index (Phi) is 5.93. The van der Waals surface area contributed by atoms with Crippen LogP contribution in [0.3, 0.4) is 0 Å². The van der Waals surface area contributed by atoms with E-state index in [0.29, 0.717) is 0 Å². The Morgan fingerprint density at radius 1 is 0.850 bits per heavy atom. The maximum Gasteiger partial charge on any atom is 0.213 e. The van der Waals surface area contributed by atoms with E-state index in [-0.39, 0.29) is 26.3 Å². The predicted octanol–water partition coefficient (Wildman–Crippen LogP) is -0.752. The molecule has 0 amide bonds. The van der Waals surface area contributed by atoms with Crippen molar-refractivity contribution in [3.8, 4) is 0 Å². The molecule has 1 fully saturated rings. The predicted molar refractivity (Wildman–Crippen MR) is 73.9 cm³/mol. The third-order valence-electron chi connectivity index (χ3n) is 2.88. The van der Waals surface area contributed by atoms with Gasteiger partial charge in [-0.3, -0.25) is 0 Å². The van der Waals surface area contributed by atoms with Gasteiger partial charge in [0.05, 0.1) is 12.5 Å². The van der Waals surface area contributed by atoms with Crippen LogP contribution in [0.1, 0.15) is 13.8 Å². The van der Waals surface area contributed by atoms with E-state index in [1.165, 1.54) is 0 Å². The molecule has 8 nitrogen and oxygen atoms in total. The van der Waals surface area contributed by atoms with Gasteiger partial charge in [0.1, 0.15) is 0 Å². The zero-order valence-corrected chi connectivity index (χ0v) is 13.8. The van der Waals surface area contributed by atoms with Gasteiger partial charge < -0.3 is 9.47 Å². The van der Waals surface area contributed by atoms with Crippen molar-refractivity contribution < 1.29 is 26.3 Å². The second-order valence-electron chi connectivity index (χ2n) is 4.44. The van der Waals surface area contributed by atoms with Crippen molar-refractivity contribution in [1.82, 2.24) is 8.61 Å². The molecule has 1 aliphatic heterocycles. The van der Waals surface area contributed by atoms with Gasteiger partial charge in [0.15, 0.2) is 12.5 Å². The summed E-state index contributed by atoms with van der Waals surface area (Å²) in [6, 6.07) is 0. The second kappa shape index (κ2) is 6.67. The van der Waals surface area contributed by atoms with E-state index >= 15 is 0 Å². The Balaban J connectivity index is 3.18. The molecular weight excluding hydrogens is 308 g/mol. The first kappa shape index (κ1) is 17.8. The third kappa shape index (κ3) is 4.12. The first-order valence-corrected chi connectivity index (χ1v) is 9.99. The molecule has 1 rings (SSSR count). The number of nitrogens with zero attached hydrogens (tertiary/aromatic N) is 2. The van der Waals surface area contributed by atoms with Crippen LogP contribution in [-0.4, -0.2) is 76.7 Å². The van der Waals surface area contributed by atoms with Crippen molar-refractivity contribution in [2.75, 3.05) is 38.8 Å². The van der Waals surface area contributed by atoms with Gasteiger partial charge in [-0.15, -0.1) is 0 Å². The van der Waals surface area contributed by atoms with Crippen LogP contribution < -0.4 is 0 Å². The Morgan fingerprint density at radius 2 is 1.15 bits per heavy atom. The third-order valence-corrected chi connectivity index (χ3v) is 5.36. The zero-order valence-electron chi connectivity index (χ0n) is 12.1. The SMILES string of the molecule is CCO[C@@H]1[C@@H](OCC)N(S(C)(=O)=O)CCN1S(C)(=O)=O. The molecule has 1 saturated heterocycles. The van der Waals surface area contributed by atoms with Crippen molar-refractivity contribution in [1.29, 1.82) is 0 Å². The molecule has 1 heterocycles. The standard InChI is InChI=1S/C10H22N2O6S2/c1-5-17-9-10(18-6-2)12(20(4,15)16)8-7-11(9)19(3,13)14/h9-10H,5-8H2,1-4H3/t9-,10-/m1/s1. The van der Waals surface area contributed by atoms with Crippen molar-refractivity contribution in [3.63, 3.8) is 0 Å². The highest BCUT2D eigenvalue weighted by Crippen LogP contribution is 2.24. The molecule has 0 radical (unpaired) electrons. The second-order valence-corrected chi connectivity index (χ2v) is 8.31. The molecule has 0 unspecified atom stereocenters. The summed E-state index contributed by atoms with van der Waals surface area (Å²) in [5.74, 6) is 0. The first-order valence-electron chi connectivity index (χ1n) is 6.29. The van der Waals surface area contributed by atoms with Crippen LogP contribution in [0.4, 0.5) is 0 Å². The summed E-state index contributed by atoms with van der Waals surface area (Å²) in [5.41, 5.74) is 0. The van der Waals surface area contributed by atoms with Gasteiger partial charge in [0, 0.05) is 26.3 Å². The largest absolute Gasteiger partial charge is 0.358 e. The first-order chi connectivity index (χ1) is 9.12. The van der Waals surface area contributed by atoms with Crippen LogP contribution in [0.15, 0.2) is 0 Å². The topological polar surface area (TPSA) is 93.2 Å². The molecule has 0 bridgehead atoms. The molecular formula is C10H22N2O6S2. The minimum Gasteiger partial charge on any atom is -0.358 e. The summed E-state index contributed by atoms with van der Waals surface area (Å²) in [6.07, 6.45) is 0.188. The van der Waals surface area contributed by atoms with Crippen molar-refractivity contribution in [3.05, 3.63) is 0 Å². The molecule has 0 saturated carbocycles. The highest BCUT2D eigenvalue weighted by molar-refractivity contribution is 7.88. The van der Waals surface area contributed by atoms with Crippen LogP contribution in [0.25, 0.3) is 0 Å². The molecule has 1 aliphatic rings. The highest BCUT2D eigenvalue weighted by Gasteiger charge is 2.45. The molecule has 0 aromatic rings. The van der Waals surface area contributed by atoms with Crippen LogP contribution in [-0.2, 0) is 29.5 Å². The Hall–Kier alpha value is -0.260. The fraction of sp³-hybridized carbons (Fsp3) is 1.00. The fourth-order valence-electron chi connectivity index (χ4n) is 2.12. The van der Waals surface area contributed by atoms with Crippen LogP contribution >= 0.6 is 0 Å². The monoisotopic (exact) mass is 330 g/mol. The van der Waals surface area contributed by atoms with Gasteiger partial charge in [-0.05, 0) is 13.8 Å². The molecule has 0 aromatic heterocycles. The molecule has 20 heavy (non-hydrogen) atoms. The van der Waals surface area contributed by atoms with E-state index in [0.717, 1.165) is 21.1 Å². The lowest BCUT2D eigenvalue weighted by molar-refractivity contribution is -0.173. The Bertz CT molecular complexity index is 470. The number of hydrogen-bond acceptors (Lipinski definition) is 6. The molecule has 0 N–H and O–H groups in total. The average Bonchev–Trinajstić information content (AvgIpc) is 2.28. The smallest absolute Gasteiger partial charge is 0.213 e. The lowest BCUT2D eigenvalue weighted by atomic mass is 10.3. The number of ether oxygens (including phenoxy) is 2. The van der Waals surface area contributed by atoms with E-state index in [4.69, 9.17) is 9.47 Å². The number of hydrogen-bond donors (Lipinski definition) is 0. The van der Waals surface area contributed by atoms with Crippen LogP contribution in [0.2, 0.25) is 0 Å². The van der Waals surface area contributed by atoms with E-state index in [2.05, 4.69) is 0 Å². The quantitative estimate of drug-likeness (QED) is 0.636. The van der Waals surface area contributed by atoms with Crippen LogP contribution in [0.5, 0.6) is 0 Å². The van der Waals surface area contributed by atoms with Gasteiger partial charge >= 0.3 is 0 Å². The fourth-order valence-corrected chi connectivity index (χ4v) is 4.03. The molecule has 10 heteroatoms. The minimum absolute atomic E-state index is 0.0418. The minimum atomic E-state index is -3.51. The summed E-state index contributed by atoms with van der Waals surface area (Å²) in [5, 5.41) is 0. The molecule has 0 aromatic carbocycles. The van der Waals surface area contributed by atoms with Gasteiger partial charge in [-0.1, -0.05) is 0 Å². The zero-order chi connectivity index (χ0) is 15.6. The average molecular weight is 330 g/mol. The van der Waals surface area contributed by atoms with Gasteiger partial charge in [-0.2, -0.15) is 8.61 Å². The van der Waals surface area contributed by atoms with E-state index in [1.54, 1.807) is 13.8 Å². The summed E-state index contributed by atoms with van der Waals surface area (Å²) < 4.78 is 60.3. The Labute approximate surface area is 120 Å². The maximum absolute atomic E-state index is 11.8. The van der Waals surface area contributed by atoms with E-state index in [9.17, 15) is 16.8 Å². The summed E-state index contributed by atoms with van der Waals surface area (Å²) in [7, 11) is -7.02. The normalized spacial score (nSPS) is 26.8. The van der Waals surface area contributed by atoms with Crippen molar-refractivity contribution in [2.45, 2.75) is 26.3 Å². The van der Waals surface area contributed by atoms with E-state index in [1.807, 2.05) is 0 Å². The lowest BCUT2D eigenvalue weighted by Crippen LogP contribution is -2.63. The summed E-state index contributed by atoms with van der Waals surface area (Å²) in [6.45, 7) is 4.00. The summed E-state index contributed by atoms with van der Waals surface area (Å²) in [4.78, 5) is 0. The lowest BCUT2D eigenvalue weighted by Gasteiger charge is -2.43. The molecule has 0 spiro atoms. The van der Waals surface area contributed by atoms with Gasteiger partial charge in [-0.25, -0.2) is 16.8 Å². The highest BCUT2D eigenvalue weighted by atomic mass is 32.2. The maximum atomic E-state index is 11.8. The van der Waals surface area contributed by atoms with Gasteiger partial charge in [0.2, 0.25) is 20.0 Å². The number of sulfonamides is 2. The van der Waals surface area contributed by atoms with E-state index < -0.39 is 32.5 Å². The number of piperazine rings is 1. The van der Waals surface area contributed by atoms with Gasteiger partial charge in [0.25, 0.3) is 0 Å². The van der Waals surface area contributed by atoms with Crippen LogP contribution in [0, 0.1) is 0 Å². The van der Waals surface area contributed by atoms with Crippen molar-refractivity contribution >= 4 is 20.0 Å². The molecule has 0 aliphatic carbocycles. The number of rotatable bonds is 6. The Morgan fingerprint density at radius 3 is 1.35 bits per heavy atom. The molecule has 120 valence electrons. The van der Waals surface area contributed by atoms with Crippen molar-refractivity contribution in [2.24, 2.45) is 0 Å².